The summed E-state index contributed by atoms with van der Waals surface area (Å²) in [5, 5.41) is 11.2. The van der Waals surface area contributed by atoms with Gasteiger partial charge in [-0.3, -0.25) is 14.9 Å². The number of hydrogen-bond acceptors (Lipinski definition) is 6. The highest BCUT2D eigenvalue weighted by atomic mass is 16.6. The average Bonchev–Trinajstić information content (AvgIpc) is 2.72. The zero-order chi connectivity index (χ0) is 21.0. The first-order valence-electron chi connectivity index (χ1n) is 10.4. The van der Waals surface area contributed by atoms with Gasteiger partial charge in [0.1, 0.15) is 0 Å². The van der Waals surface area contributed by atoms with E-state index in [9.17, 15) is 19.7 Å². The molecule has 3 rings (SSSR count). The molecule has 0 bridgehead atoms. The minimum atomic E-state index is -0.695. The standard InChI is InChI=1S/C21H29N3O5/c1-15-7-6-8-16(2)23(15)20(25)14-29-21(26)18-13-17(24(27)28)9-10-19(18)22-11-4-3-5-12-22/h9-10,13,15-16H,3-8,11-12,14H2,1-2H3. The lowest BCUT2D eigenvalue weighted by Gasteiger charge is -2.38. The molecule has 8 nitrogen and oxygen atoms in total. The molecule has 0 saturated carbocycles. The number of anilines is 1. The number of nitrogens with zero attached hydrogens (tertiary/aromatic N) is 3. The van der Waals surface area contributed by atoms with Gasteiger partial charge in [0, 0.05) is 37.3 Å². The number of benzene rings is 1. The number of carbonyl (C=O) groups excluding carboxylic acids is 2. The van der Waals surface area contributed by atoms with E-state index in [1.807, 2.05) is 13.8 Å². The fourth-order valence-corrected chi connectivity index (χ4v) is 4.40. The van der Waals surface area contributed by atoms with Crippen LogP contribution in [-0.4, -0.2) is 53.5 Å². The number of amides is 1. The van der Waals surface area contributed by atoms with Crippen LogP contribution in [0.3, 0.4) is 0 Å². The number of piperidine rings is 2. The Kier molecular flexibility index (Phi) is 6.71. The van der Waals surface area contributed by atoms with Crippen LogP contribution in [0.5, 0.6) is 0 Å². The average molecular weight is 403 g/mol. The maximum atomic E-state index is 12.8. The number of hydrogen-bond donors (Lipinski definition) is 0. The van der Waals surface area contributed by atoms with Crippen LogP contribution in [0.1, 0.15) is 62.7 Å². The largest absolute Gasteiger partial charge is 0.452 e. The fraction of sp³-hybridized carbons (Fsp3) is 0.619. The number of nitro benzene ring substituents is 1. The summed E-state index contributed by atoms with van der Waals surface area (Å²) in [4.78, 5) is 39.9. The van der Waals surface area contributed by atoms with Crippen molar-refractivity contribution in [1.82, 2.24) is 4.90 Å². The van der Waals surface area contributed by atoms with Crippen molar-refractivity contribution in [1.29, 1.82) is 0 Å². The summed E-state index contributed by atoms with van der Waals surface area (Å²) in [6.45, 7) is 5.24. The summed E-state index contributed by atoms with van der Waals surface area (Å²) in [6.07, 6.45) is 6.11. The predicted octanol–water partition coefficient (Wildman–Crippen LogP) is 3.53. The van der Waals surface area contributed by atoms with E-state index < -0.39 is 10.9 Å². The van der Waals surface area contributed by atoms with Crippen LogP contribution in [0.25, 0.3) is 0 Å². The molecule has 2 heterocycles. The van der Waals surface area contributed by atoms with E-state index in [2.05, 4.69) is 4.90 Å². The summed E-state index contributed by atoms with van der Waals surface area (Å²) >= 11 is 0. The molecule has 1 aromatic carbocycles. The lowest BCUT2D eigenvalue weighted by molar-refractivity contribution is -0.384. The van der Waals surface area contributed by atoms with E-state index in [0.717, 1.165) is 51.6 Å². The highest BCUT2D eigenvalue weighted by Crippen LogP contribution is 2.29. The van der Waals surface area contributed by atoms with Crippen molar-refractivity contribution in [3.8, 4) is 0 Å². The van der Waals surface area contributed by atoms with Crippen LogP contribution in [0.4, 0.5) is 11.4 Å². The monoisotopic (exact) mass is 403 g/mol. The van der Waals surface area contributed by atoms with E-state index in [1.165, 1.54) is 12.1 Å². The Balaban J connectivity index is 1.75. The molecular formula is C21H29N3O5. The first kappa shape index (κ1) is 21.1. The van der Waals surface area contributed by atoms with Crippen molar-refractivity contribution in [2.45, 2.75) is 64.5 Å². The number of likely N-dealkylation sites (tertiary alicyclic amines) is 1. The van der Waals surface area contributed by atoms with Crippen molar-refractivity contribution in [2.24, 2.45) is 0 Å². The molecule has 0 spiro atoms. The van der Waals surface area contributed by atoms with Crippen LogP contribution in [0.15, 0.2) is 18.2 Å². The van der Waals surface area contributed by atoms with Crippen LogP contribution in [-0.2, 0) is 9.53 Å². The van der Waals surface area contributed by atoms with Crippen LogP contribution in [0.2, 0.25) is 0 Å². The SMILES string of the molecule is CC1CCCC(C)N1C(=O)COC(=O)c1cc([N+](=O)[O-])ccc1N1CCCCC1. The van der Waals surface area contributed by atoms with Gasteiger partial charge in [0.25, 0.3) is 11.6 Å². The predicted molar refractivity (Wildman–Crippen MR) is 109 cm³/mol. The molecular weight excluding hydrogens is 374 g/mol. The molecule has 0 N–H and O–H groups in total. The van der Waals surface area contributed by atoms with Crippen molar-refractivity contribution in [2.75, 3.05) is 24.6 Å². The molecule has 0 radical (unpaired) electrons. The number of carbonyl (C=O) groups is 2. The van der Waals surface area contributed by atoms with E-state index in [1.54, 1.807) is 11.0 Å². The van der Waals surface area contributed by atoms with Gasteiger partial charge in [0.2, 0.25) is 0 Å². The molecule has 2 atom stereocenters. The molecule has 29 heavy (non-hydrogen) atoms. The van der Waals surface area contributed by atoms with Gasteiger partial charge < -0.3 is 14.5 Å². The Morgan fingerprint density at radius 1 is 1.10 bits per heavy atom. The first-order chi connectivity index (χ1) is 13.9. The van der Waals surface area contributed by atoms with Crippen LogP contribution < -0.4 is 4.90 Å². The lowest BCUT2D eigenvalue weighted by Crippen LogP contribution is -2.49. The maximum absolute atomic E-state index is 12.8. The summed E-state index contributed by atoms with van der Waals surface area (Å²) in [5.41, 5.74) is 0.614. The number of nitro groups is 1. The fourth-order valence-electron chi connectivity index (χ4n) is 4.40. The lowest BCUT2D eigenvalue weighted by atomic mass is 9.97. The van der Waals surface area contributed by atoms with Gasteiger partial charge in [-0.15, -0.1) is 0 Å². The Bertz CT molecular complexity index is 766. The first-order valence-corrected chi connectivity index (χ1v) is 10.4. The maximum Gasteiger partial charge on any atom is 0.341 e. The van der Waals surface area contributed by atoms with Crippen LogP contribution >= 0.6 is 0 Å². The van der Waals surface area contributed by atoms with E-state index >= 15 is 0 Å². The third-order valence-corrected chi connectivity index (χ3v) is 5.92. The molecule has 2 saturated heterocycles. The zero-order valence-corrected chi connectivity index (χ0v) is 17.1. The normalized spacial score (nSPS) is 22.3. The second-order valence-electron chi connectivity index (χ2n) is 8.01. The summed E-state index contributed by atoms with van der Waals surface area (Å²) in [6, 6.07) is 4.50. The van der Waals surface area contributed by atoms with Gasteiger partial charge in [-0.25, -0.2) is 4.79 Å². The van der Waals surface area contributed by atoms with E-state index in [4.69, 9.17) is 4.74 Å². The minimum Gasteiger partial charge on any atom is -0.452 e. The molecule has 0 aromatic heterocycles. The molecule has 158 valence electrons. The summed E-state index contributed by atoms with van der Waals surface area (Å²) < 4.78 is 5.33. The Morgan fingerprint density at radius 2 is 1.76 bits per heavy atom. The molecule has 1 aromatic rings. The van der Waals surface area contributed by atoms with Gasteiger partial charge in [0.05, 0.1) is 16.2 Å². The van der Waals surface area contributed by atoms with Crippen molar-refractivity contribution in [3.05, 3.63) is 33.9 Å². The van der Waals surface area contributed by atoms with E-state index in [-0.39, 0.29) is 35.8 Å². The number of non-ortho nitro benzene ring substituents is 1. The third kappa shape index (κ3) is 4.86. The van der Waals surface area contributed by atoms with Gasteiger partial charge in [-0.2, -0.15) is 0 Å². The number of esters is 1. The Morgan fingerprint density at radius 3 is 2.38 bits per heavy atom. The molecule has 8 heteroatoms. The Labute approximate surface area is 171 Å². The molecule has 2 aliphatic heterocycles. The third-order valence-electron chi connectivity index (χ3n) is 5.92. The van der Waals surface area contributed by atoms with Crippen molar-refractivity contribution in [3.63, 3.8) is 0 Å². The van der Waals surface area contributed by atoms with Gasteiger partial charge in [0.15, 0.2) is 6.61 Å². The van der Waals surface area contributed by atoms with Gasteiger partial charge >= 0.3 is 5.97 Å². The quantitative estimate of drug-likeness (QED) is 0.424. The molecule has 1 amide bonds. The van der Waals surface area contributed by atoms with E-state index in [0.29, 0.717) is 5.69 Å². The second kappa shape index (κ2) is 9.24. The second-order valence-corrected chi connectivity index (χ2v) is 8.01. The summed E-state index contributed by atoms with van der Waals surface area (Å²) in [7, 11) is 0. The molecule has 2 fully saturated rings. The minimum absolute atomic E-state index is 0.117. The Hall–Kier alpha value is -2.64. The van der Waals surface area contributed by atoms with Crippen LogP contribution in [0, 0.1) is 10.1 Å². The van der Waals surface area contributed by atoms with Crippen molar-refractivity contribution < 1.29 is 19.2 Å². The van der Waals surface area contributed by atoms with Gasteiger partial charge in [-0.1, -0.05) is 0 Å². The molecule has 2 unspecified atom stereocenters. The zero-order valence-electron chi connectivity index (χ0n) is 17.1. The van der Waals surface area contributed by atoms with Gasteiger partial charge in [-0.05, 0) is 58.4 Å². The number of rotatable bonds is 5. The molecule has 0 aliphatic carbocycles. The highest BCUT2D eigenvalue weighted by Gasteiger charge is 2.30. The number of ether oxygens (including phenoxy) is 1. The van der Waals surface area contributed by atoms with Crippen molar-refractivity contribution >= 4 is 23.3 Å². The highest BCUT2D eigenvalue weighted by molar-refractivity contribution is 5.97. The molecule has 2 aliphatic rings. The smallest absolute Gasteiger partial charge is 0.341 e. The summed E-state index contributed by atoms with van der Waals surface area (Å²) in [5.74, 6) is -0.914. The topological polar surface area (TPSA) is 93.0 Å².